The van der Waals surface area contributed by atoms with E-state index in [1.807, 2.05) is 0 Å². The number of aromatic nitrogens is 2. The molecule has 1 saturated heterocycles. The first-order valence-corrected chi connectivity index (χ1v) is 7.16. The van der Waals surface area contributed by atoms with Crippen LogP contribution in [-0.2, 0) is 0 Å². The van der Waals surface area contributed by atoms with Crippen molar-refractivity contribution in [3.05, 3.63) is 42.2 Å². The van der Waals surface area contributed by atoms with Crippen molar-refractivity contribution >= 4 is 5.82 Å². The summed E-state index contributed by atoms with van der Waals surface area (Å²) in [5.74, 6) is 0.459. The molecule has 1 aliphatic rings. The van der Waals surface area contributed by atoms with E-state index in [-0.39, 0.29) is 0 Å². The lowest BCUT2D eigenvalue weighted by molar-refractivity contribution is 0.263. The van der Waals surface area contributed by atoms with Gasteiger partial charge in [-0.3, -0.25) is 9.88 Å². The molecule has 2 N–H and O–H groups in total. The molecule has 1 fully saturated rings. The Morgan fingerprint density at radius 2 is 2.00 bits per heavy atom. The van der Waals surface area contributed by atoms with E-state index in [1.165, 1.54) is 31.5 Å². The van der Waals surface area contributed by atoms with Crippen LogP contribution in [0.4, 0.5) is 5.82 Å². The molecule has 0 spiro atoms. The van der Waals surface area contributed by atoms with Gasteiger partial charge in [0.15, 0.2) is 0 Å². The maximum absolute atomic E-state index is 5.71. The fourth-order valence-corrected chi connectivity index (χ4v) is 2.82. The summed E-state index contributed by atoms with van der Waals surface area (Å²) < 4.78 is 0. The number of hydrogen-bond donors (Lipinski definition) is 1. The van der Waals surface area contributed by atoms with Crippen molar-refractivity contribution in [2.75, 3.05) is 18.8 Å². The Morgan fingerprint density at radius 3 is 2.75 bits per heavy atom. The summed E-state index contributed by atoms with van der Waals surface area (Å²) in [6.45, 7) is 4.67. The summed E-state index contributed by atoms with van der Waals surface area (Å²) in [6.07, 6.45) is 5.95. The maximum atomic E-state index is 5.71. The van der Waals surface area contributed by atoms with Crippen LogP contribution < -0.4 is 5.73 Å². The highest BCUT2D eigenvalue weighted by atomic mass is 15.2. The summed E-state index contributed by atoms with van der Waals surface area (Å²) in [5, 5.41) is 0. The van der Waals surface area contributed by atoms with Crippen LogP contribution in [0.2, 0.25) is 0 Å². The molecule has 1 aromatic carbocycles. The molecule has 4 heteroatoms. The molecule has 0 bridgehead atoms. The van der Waals surface area contributed by atoms with Gasteiger partial charge in [0, 0.05) is 11.6 Å². The van der Waals surface area contributed by atoms with Gasteiger partial charge in [0.05, 0.1) is 18.1 Å². The van der Waals surface area contributed by atoms with E-state index >= 15 is 0 Å². The fourth-order valence-electron chi connectivity index (χ4n) is 2.82. The van der Waals surface area contributed by atoms with Gasteiger partial charge < -0.3 is 5.73 Å². The van der Waals surface area contributed by atoms with Gasteiger partial charge in [-0.2, -0.15) is 0 Å². The number of benzene rings is 1. The van der Waals surface area contributed by atoms with Crippen molar-refractivity contribution in [3.63, 3.8) is 0 Å². The van der Waals surface area contributed by atoms with E-state index < -0.39 is 0 Å². The molecule has 1 unspecified atom stereocenters. The number of nitrogen functional groups attached to an aromatic ring is 1. The van der Waals surface area contributed by atoms with E-state index in [0.717, 1.165) is 11.3 Å². The van der Waals surface area contributed by atoms with Crippen LogP contribution in [0.3, 0.4) is 0 Å². The first kappa shape index (κ1) is 13.1. The Balaban J connectivity index is 1.89. The molecule has 0 aliphatic carbocycles. The molecule has 4 nitrogen and oxygen atoms in total. The highest BCUT2D eigenvalue weighted by Gasteiger charge is 2.19. The minimum Gasteiger partial charge on any atom is -0.382 e. The normalized spacial score (nSPS) is 17.2. The zero-order chi connectivity index (χ0) is 13.9. The monoisotopic (exact) mass is 268 g/mol. The average Bonchev–Trinajstić information content (AvgIpc) is 3.01. The third kappa shape index (κ3) is 2.65. The van der Waals surface area contributed by atoms with Crippen LogP contribution in [0.1, 0.15) is 31.4 Å². The van der Waals surface area contributed by atoms with Crippen molar-refractivity contribution in [2.24, 2.45) is 0 Å². The van der Waals surface area contributed by atoms with Gasteiger partial charge in [-0.05, 0) is 44.5 Å². The molecule has 2 heterocycles. The van der Waals surface area contributed by atoms with Crippen molar-refractivity contribution in [1.82, 2.24) is 14.9 Å². The highest BCUT2D eigenvalue weighted by molar-refractivity contribution is 5.60. The smallest absolute Gasteiger partial charge is 0.142 e. The first-order valence-electron chi connectivity index (χ1n) is 7.16. The largest absolute Gasteiger partial charge is 0.382 e. The van der Waals surface area contributed by atoms with Crippen molar-refractivity contribution in [3.8, 4) is 11.3 Å². The zero-order valence-corrected chi connectivity index (χ0v) is 11.8. The van der Waals surface area contributed by atoms with E-state index in [0.29, 0.717) is 11.9 Å². The Bertz CT molecular complexity index is 591. The van der Waals surface area contributed by atoms with E-state index in [1.54, 1.807) is 12.4 Å². The maximum Gasteiger partial charge on any atom is 0.142 e. The molecular formula is C16H20N4. The summed E-state index contributed by atoms with van der Waals surface area (Å²) in [5.41, 5.74) is 8.95. The summed E-state index contributed by atoms with van der Waals surface area (Å²) in [7, 11) is 0. The van der Waals surface area contributed by atoms with Crippen LogP contribution in [0.15, 0.2) is 36.7 Å². The second-order valence-corrected chi connectivity index (χ2v) is 5.37. The molecule has 1 atom stereocenters. The molecule has 0 saturated carbocycles. The molecule has 1 aromatic heterocycles. The lowest BCUT2D eigenvalue weighted by atomic mass is 10.0. The Kier molecular flexibility index (Phi) is 3.65. The van der Waals surface area contributed by atoms with Crippen LogP contribution in [0.5, 0.6) is 0 Å². The van der Waals surface area contributed by atoms with Gasteiger partial charge in [-0.25, -0.2) is 4.98 Å². The predicted octanol–water partition coefficient (Wildman–Crippen LogP) is 2.88. The quantitative estimate of drug-likeness (QED) is 0.930. The highest BCUT2D eigenvalue weighted by Crippen LogP contribution is 2.27. The minimum absolute atomic E-state index is 0.450. The number of hydrogen-bond acceptors (Lipinski definition) is 4. The van der Waals surface area contributed by atoms with Crippen LogP contribution in [-0.4, -0.2) is 28.0 Å². The SMILES string of the molecule is CC(c1cccc(-c2cncc(N)n2)c1)N1CCCC1. The molecule has 1 aliphatic heterocycles. The van der Waals surface area contributed by atoms with Crippen LogP contribution in [0, 0.1) is 0 Å². The van der Waals surface area contributed by atoms with Gasteiger partial charge in [-0.1, -0.05) is 18.2 Å². The number of rotatable bonds is 3. The molecule has 104 valence electrons. The summed E-state index contributed by atoms with van der Waals surface area (Å²) in [4.78, 5) is 11.0. The lowest BCUT2D eigenvalue weighted by Crippen LogP contribution is -2.23. The van der Waals surface area contributed by atoms with Gasteiger partial charge in [0.1, 0.15) is 5.82 Å². The van der Waals surface area contributed by atoms with Crippen LogP contribution in [0.25, 0.3) is 11.3 Å². The first-order chi connectivity index (χ1) is 9.74. The van der Waals surface area contributed by atoms with Gasteiger partial charge in [0.2, 0.25) is 0 Å². The summed E-state index contributed by atoms with van der Waals surface area (Å²) in [6, 6.07) is 8.98. The number of nitrogens with two attached hydrogens (primary N) is 1. The zero-order valence-electron chi connectivity index (χ0n) is 11.8. The van der Waals surface area contributed by atoms with Crippen LogP contribution >= 0.6 is 0 Å². The number of anilines is 1. The summed E-state index contributed by atoms with van der Waals surface area (Å²) >= 11 is 0. The third-order valence-electron chi connectivity index (χ3n) is 4.01. The minimum atomic E-state index is 0.450. The second-order valence-electron chi connectivity index (χ2n) is 5.37. The average molecular weight is 268 g/mol. The number of likely N-dealkylation sites (tertiary alicyclic amines) is 1. The molecular weight excluding hydrogens is 248 g/mol. The Labute approximate surface area is 119 Å². The Morgan fingerprint density at radius 1 is 1.20 bits per heavy atom. The van der Waals surface area contributed by atoms with E-state index in [4.69, 9.17) is 5.73 Å². The van der Waals surface area contributed by atoms with Crippen molar-refractivity contribution < 1.29 is 0 Å². The molecule has 2 aromatic rings. The molecule has 3 rings (SSSR count). The lowest BCUT2D eigenvalue weighted by Gasteiger charge is -2.24. The Hall–Kier alpha value is -1.94. The molecule has 0 amide bonds. The molecule has 20 heavy (non-hydrogen) atoms. The molecule has 0 radical (unpaired) electrons. The fraction of sp³-hybridized carbons (Fsp3) is 0.375. The second kappa shape index (κ2) is 5.59. The van der Waals surface area contributed by atoms with E-state index in [9.17, 15) is 0 Å². The topological polar surface area (TPSA) is 55.0 Å². The van der Waals surface area contributed by atoms with Crippen molar-refractivity contribution in [2.45, 2.75) is 25.8 Å². The van der Waals surface area contributed by atoms with E-state index in [2.05, 4.69) is 46.1 Å². The number of nitrogens with zero attached hydrogens (tertiary/aromatic N) is 3. The predicted molar refractivity (Wildman–Crippen MR) is 81.1 cm³/mol. The standard InChI is InChI=1S/C16H20N4/c1-12(20-7-2-3-8-20)13-5-4-6-14(9-13)15-10-18-11-16(17)19-15/h4-6,9-12H,2-3,7-8H2,1H3,(H2,17,19). The van der Waals surface area contributed by atoms with Gasteiger partial charge in [-0.15, -0.1) is 0 Å². The van der Waals surface area contributed by atoms with Gasteiger partial charge in [0.25, 0.3) is 0 Å². The van der Waals surface area contributed by atoms with Crippen molar-refractivity contribution in [1.29, 1.82) is 0 Å². The third-order valence-corrected chi connectivity index (χ3v) is 4.01. The van der Waals surface area contributed by atoms with Gasteiger partial charge >= 0.3 is 0 Å².